The Morgan fingerprint density at radius 1 is 0.579 bits per heavy atom. The Balaban J connectivity index is 0.000000388. The Kier molecular flexibility index (Phi) is 19.2. The summed E-state index contributed by atoms with van der Waals surface area (Å²) < 4.78 is 32.2. The minimum absolute atomic E-state index is 0. The van der Waals surface area contributed by atoms with E-state index in [0.29, 0.717) is 40.9 Å². The van der Waals surface area contributed by atoms with E-state index in [1.54, 1.807) is 69.5 Å². The van der Waals surface area contributed by atoms with Gasteiger partial charge in [-0.3, -0.25) is 9.59 Å². The van der Waals surface area contributed by atoms with E-state index >= 15 is 0 Å². The van der Waals surface area contributed by atoms with Crippen molar-refractivity contribution in [2.24, 2.45) is 0 Å². The highest BCUT2D eigenvalue weighted by atomic mass is 16.5. The van der Waals surface area contributed by atoms with E-state index in [1.165, 1.54) is 21.3 Å². The van der Waals surface area contributed by atoms with Gasteiger partial charge < -0.3 is 48.4 Å². The molecule has 312 valence electrons. The molecule has 5 atom stereocenters. The van der Waals surface area contributed by atoms with Crippen molar-refractivity contribution in [1.29, 1.82) is 0 Å². The third-order valence-corrected chi connectivity index (χ3v) is 10.0. The Labute approximate surface area is 338 Å². The fourth-order valence-electron chi connectivity index (χ4n) is 6.35. The van der Waals surface area contributed by atoms with Gasteiger partial charge >= 0.3 is 0 Å². The van der Waals surface area contributed by atoms with Gasteiger partial charge in [0, 0.05) is 14.1 Å². The van der Waals surface area contributed by atoms with Gasteiger partial charge in [-0.05, 0) is 66.8 Å². The quantitative estimate of drug-likeness (QED) is 0.113. The first-order chi connectivity index (χ1) is 26.8. The average Bonchev–Trinajstić information content (AvgIpc) is 3.24. The molecule has 57 heavy (non-hydrogen) atoms. The number of carbonyl (C=O) groups is 2. The highest BCUT2D eigenvalue weighted by molar-refractivity contribution is 5.84. The van der Waals surface area contributed by atoms with Crippen LogP contribution in [0.5, 0.6) is 34.5 Å². The number of ether oxygens (including phenoxy) is 6. The van der Waals surface area contributed by atoms with Crippen LogP contribution in [0.15, 0.2) is 84.9 Å². The van der Waals surface area contributed by atoms with Gasteiger partial charge in [0.05, 0.1) is 79.3 Å². The zero-order valence-electron chi connectivity index (χ0n) is 34.4. The molecule has 2 N–H and O–H groups in total. The lowest BCUT2D eigenvalue weighted by atomic mass is 9.93. The molecular formula is C45H62N2O10. The van der Waals surface area contributed by atoms with Crippen LogP contribution in [0.25, 0.3) is 0 Å². The maximum atomic E-state index is 13.3. The molecule has 0 bridgehead atoms. The summed E-state index contributed by atoms with van der Waals surface area (Å²) in [5, 5.41) is 21.3. The second-order valence-corrected chi connectivity index (χ2v) is 13.3. The number of aliphatic hydroxyl groups is 2. The summed E-state index contributed by atoms with van der Waals surface area (Å²) in [6.45, 7) is 5.63. The fraction of sp³-hybridized carbons (Fsp3) is 0.422. The molecule has 12 heteroatoms. The van der Waals surface area contributed by atoms with Crippen LogP contribution in [0.4, 0.5) is 0 Å². The Morgan fingerprint density at radius 2 is 0.947 bits per heavy atom. The third kappa shape index (κ3) is 11.8. The van der Waals surface area contributed by atoms with Crippen molar-refractivity contribution in [2.75, 3.05) is 56.8 Å². The predicted molar refractivity (Wildman–Crippen MR) is 223 cm³/mol. The van der Waals surface area contributed by atoms with Gasteiger partial charge in [-0.25, -0.2) is 0 Å². The van der Waals surface area contributed by atoms with E-state index in [9.17, 15) is 19.8 Å². The molecule has 1 unspecified atom stereocenters. The van der Waals surface area contributed by atoms with Crippen LogP contribution in [-0.2, 0) is 16.0 Å². The van der Waals surface area contributed by atoms with Crippen molar-refractivity contribution in [3.05, 3.63) is 107 Å². The highest BCUT2D eigenvalue weighted by Gasteiger charge is 2.31. The van der Waals surface area contributed by atoms with Gasteiger partial charge in [0.2, 0.25) is 23.3 Å². The fourth-order valence-corrected chi connectivity index (χ4v) is 6.35. The number of methoxy groups -OCH3 is 6. The number of benzene rings is 4. The normalized spacial score (nSPS) is 13.1. The molecule has 4 aromatic rings. The van der Waals surface area contributed by atoms with Crippen molar-refractivity contribution in [3.8, 4) is 34.5 Å². The number of aliphatic hydroxyl groups excluding tert-OH is 2. The summed E-state index contributed by atoms with van der Waals surface area (Å²) in [6.07, 6.45) is -0.794. The first kappa shape index (κ1) is 47.7. The largest absolute Gasteiger partial charge is 0.493 e. The minimum Gasteiger partial charge on any atom is -0.493 e. The Morgan fingerprint density at radius 3 is 1.30 bits per heavy atom. The summed E-state index contributed by atoms with van der Waals surface area (Å²) in [4.78, 5) is 29.2. The average molecular weight is 791 g/mol. The number of rotatable bonds is 17. The monoisotopic (exact) mass is 790 g/mol. The van der Waals surface area contributed by atoms with Gasteiger partial charge in [0.25, 0.3) is 0 Å². The topological polar surface area (TPSA) is 136 Å². The summed E-state index contributed by atoms with van der Waals surface area (Å²) in [7, 11) is 12.7. The maximum Gasteiger partial charge on any atom is 0.230 e. The van der Waals surface area contributed by atoms with E-state index in [-0.39, 0.29) is 37.7 Å². The molecule has 4 aromatic carbocycles. The Hall–Kier alpha value is -5.46. The molecule has 4 rings (SSSR count). The lowest BCUT2D eigenvalue weighted by molar-refractivity contribution is -0.135. The molecule has 2 amide bonds. The lowest BCUT2D eigenvalue weighted by Crippen LogP contribution is -2.41. The third-order valence-electron chi connectivity index (χ3n) is 10.0. The van der Waals surface area contributed by atoms with Gasteiger partial charge in [0.1, 0.15) is 0 Å². The van der Waals surface area contributed by atoms with Gasteiger partial charge in [0.15, 0.2) is 23.0 Å². The summed E-state index contributed by atoms with van der Waals surface area (Å²) in [5.74, 6) is 2.38. The highest BCUT2D eigenvalue weighted by Crippen LogP contribution is 2.41. The first-order valence-corrected chi connectivity index (χ1v) is 18.4. The molecule has 0 heterocycles. The molecule has 0 fully saturated rings. The van der Waals surface area contributed by atoms with Crippen molar-refractivity contribution in [2.45, 2.75) is 71.2 Å². The van der Waals surface area contributed by atoms with E-state index in [1.807, 2.05) is 81.4 Å². The smallest absolute Gasteiger partial charge is 0.230 e. The summed E-state index contributed by atoms with van der Waals surface area (Å²) >= 11 is 0. The van der Waals surface area contributed by atoms with E-state index in [0.717, 1.165) is 22.3 Å². The maximum absolute atomic E-state index is 13.3. The van der Waals surface area contributed by atoms with E-state index in [4.69, 9.17) is 28.4 Å². The molecule has 0 saturated heterocycles. The van der Waals surface area contributed by atoms with Crippen molar-refractivity contribution < 1.29 is 48.2 Å². The number of amides is 2. The Bertz CT molecular complexity index is 1790. The minimum atomic E-state index is -0.775. The second kappa shape index (κ2) is 22.9. The van der Waals surface area contributed by atoms with Crippen LogP contribution >= 0.6 is 0 Å². The number of hydrogen-bond donors (Lipinski definition) is 2. The van der Waals surface area contributed by atoms with Crippen LogP contribution in [-0.4, -0.2) is 101 Å². The zero-order chi connectivity index (χ0) is 41.5. The van der Waals surface area contributed by atoms with Crippen LogP contribution in [0.3, 0.4) is 0 Å². The van der Waals surface area contributed by atoms with Gasteiger partial charge in [-0.2, -0.15) is 0 Å². The van der Waals surface area contributed by atoms with Crippen LogP contribution in [0.1, 0.15) is 75.0 Å². The summed E-state index contributed by atoms with van der Waals surface area (Å²) in [5.41, 5.74) is 3.07. The van der Waals surface area contributed by atoms with Gasteiger partial charge in [-0.15, -0.1) is 0 Å². The molecule has 0 aromatic heterocycles. The number of likely N-dealkylation sites (N-methyl/N-ethyl adjacent to an activating group) is 2. The number of carbonyl (C=O) groups excluding carboxylic acids is 2. The molecule has 0 aliphatic heterocycles. The summed E-state index contributed by atoms with van der Waals surface area (Å²) in [6, 6.07) is 25.0. The predicted octanol–water partition coefficient (Wildman–Crippen LogP) is 7.26. The van der Waals surface area contributed by atoms with Crippen LogP contribution in [0, 0.1) is 0 Å². The zero-order valence-corrected chi connectivity index (χ0v) is 34.4. The number of nitrogens with zero attached hydrogens (tertiary/aromatic N) is 2. The van der Waals surface area contributed by atoms with Crippen molar-refractivity contribution in [1.82, 2.24) is 9.80 Å². The standard InChI is InChI=1S/C23H31NO5.C21H27NO5.CH4/c1-7-18(17-13-19(27-4)22(29-6)20(14-17)28-5)23(26)24(3)15(2)21(25)16-11-9-8-10-12-16;1-14(20(24)16-9-7-6-8-10-16)22(2)19(23)13-15-11-17(25-3)21(27-5)18(12-15)26-4;/h8-15,18,21,25H,7H2,1-6H3;6-12,14,20,24H,13H2,1-5H3;1H4/t15-,18?,21+;14-,20+;/m00./s1. The number of hydrogen-bond acceptors (Lipinski definition) is 10. The molecule has 12 nitrogen and oxygen atoms in total. The van der Waals surface area contributed by atoms with Crippen LogP contribution in [0.2, 0.25) is 0 Å². The molecular weight excluding hydrogens is 728 g/mol. The van der Waals surface area contributed by atoms with E-state index in [2.05, 4.69) is 0 Å². The van der Waals surface area contributed by atoms with Crippen LogP contribution < -0.4 is 28.4 Å². The molecule has 0 aliphatic carbocycles. The second-order valence-electron chi connectivity index (χ2n) is 13.3. The molecule has 0 saturated carbocycles. The SMILES string of the molecule is C.CCC(C(=O)N(C)[C@@H](C)[C@@H](O)c1ccccc1)c1cc(OC)c(OC)c(OC)c1.COc1cc(CC(=O)N(C)[C@@H](C)[C@@H](O)c2ccccc2)cc(OC)c1OC. The molecule has 0 aliphatic rings. The van der Waals surface area contributed by atoms with Crippen molar-refractivity contribution in [3.63, 3.8) is 0 Å². The van der Waals surface area contributed by atoms with Gasteiger partial charge in [-0.1, -0.05) is 75.0 Å². The molecule has 0 spiro atoms. The van der Waals surface area contributed by atoms with E-state index < -0.39 is 18.1 Å². The van der Waals surface area contributed by atoms with Crippen molar-refractivity contribution >= 4 is 11.8 Å². The lowest BCUT2D eigenvalue weighted by Gasteiger charge is -2.32. The first-order valence-electron chi connectivity index (χ1n) is 18.4. The molecule has 0 radical (unpaired) electrons.